The van der Waals surface area contributed by atoms with Crippen molar-refractivity contribution >= 4 is 15.9 Å². The van der Waals surface area contributed by atoms with Crippen molar-refractivity contribution in [2.45, 2.75) is 19.3 Å². The van der Waals surface area contributed by atoms with Crippen LogP contribution in [0.5, 0.6) is 0 Å². The SMILES string of the molecule is BrC1=CC=C2CCC2C1. The smallest absolute Gasteiger partial charge is 0.00434 e. The number of hydrogen-bond donors (Lipinski definition) is 0. The first-order chi connectivity index (χ1) is 4.36. The summed E-state index contributed by atoms with van der Waals surface area (Å²) in [6.07, 6.45) is 8.47. The summed E-state index contributed by atoms with van der Waals surface area (Å²) in [5.41, 5.74) is 1.67. The molecule has 0 aromatic heterocycles. The van der Waals surface area contributed by atoms with Crippen molar-refractivity contribution in [3.63, 3.8) is 0 Å². The molecule has 1 saturated carbocycles. The fraction of sp³-hybridized carbons (Fsp3) is 0.500. The Morgan fingerprint density at radius 2 is 2.33 bits per heavy atom. The van der Waals surface area contributed by atoms with Gasteiger partial charge in [-0.3, -0.25) is 0 Å². The van der Waals surface area contributed by atoms with E-state index in [9.17, 15) is 0 Å². The van der Waals surface area contributed by atoms with Crippen molar-refractivity contribution in [1.29, 1.82) is 0 Å². The largest absolute Gasteiger partial charge is 0.0667 e. The minimum absolute atomic E-state index is 0.907. The molecule has 0 radical (unpaired) electrons. The Kier molecular flexibility index (Phi) is 1.26. The van der Waals surface area contributed by atoms with Crippen molar-refractivity contribution < 1.29 is 0 Å². The van der Waals surface area contributed by atoms with Crippen LogP contribution in [0, 0.1) is 5.92 Å². The summed E-state index contributed by atoms with van der Waals surface area (Å²) in [4.78, 5) is 0. The van der Waals surface area contributed by atoms with Gasteiger partial charge in [-0.15, -0.1) is 0 Å². The van der Waals surface area contributed by atoms with Crippen LogP contribution < -0.4 is 0 Å². The highest BCUT2D eigenvalue weighted by Crippen LogP contribution is 2.41. The predicted molar refractivity (Wildman–Crippen MR) is 42.4 cm³/mol. The lowest BCUT2D eigenvalue weighted by molar-refractivity contribution is 0.441. The van der Waals surface area contributed by atoms with Crippen LogP contribution >= 0.6 is 15.9 Å². The minimum atomic E-state index is 0.907. The zero-order chi connectivity index (χ0) is 6.27. The lowest BCUT2D eigenvalue weighted by Crippen LogP contribution is -2.17. The van der Waals surface area contributed by atoms with Gasteiger partial charge in [0.05, 0.1) is 0 Å². The van der Waals surface area contributed by atoms with Crippen molar-refractivity contribution in [3.05, 3.63) is 22.2 Å². The van der Waals surface area contributed by atoms with E-state index in [0.717, 1.165) is 5.92 Å². The highest BCUT2D eigenvalue weighted by molar-refractivity contribution is 9.11. The summed E-state index contributed by atoms with van der Waals surface area (Å²) in [5, 5.41) is 0. The van der Waals surface area contributed by atoms with Gasteiger partial charge < -0.3 is 0 Å². The van der Waals surface area contributed by atoms with E-state index in [-0.39, 0.29) is 0 Å². The molecule has 2 aliphatic carbocycles. The maximum atomic E-state index is 3.51. The van der Waals surface area contributed by atoms with Crippen LogP contribution in [0.4, 0.5) is 0 Å². The molecule has 0 aromatic rings. The van der Waals surface area contributed by atoms with Crippen LogP contribution in [0.3, 0.4) is 0 Å². The van der Waals surface area contributed by atoms with E-state index in [2.05, 4.69) is 28.1 Å². The van der Waals surface area contributed by atoms with Crippen LogP contribution in [0.25, 0.3) is 0 Å². The standard InChI is InChI=1S/C8H9Br/c9-8-4-3-6-1-2-7(6)5-8/h3-4,7H,1-2,5H2. The van der Waals surface area contributed by atoms with Crippen LogP contribution in [0.15, 0.2) is 22.2 Å². The van der Waals surface area contributed by atoms with Gasteiger partial charge in [0.1, 0.15) is 0 Å². The van der Waals surface area contributed by atoms with Gasteiger partial charge in [-0.2, -0.15) is 0 Å². The normalized spacial score (nSPS) is 31.9. The van der Waals surface area contributed by atoms with E-state index in [4.69, 9.17) is 0 Å². The Bertz CT molecular complexity index is 189. The zero-order valence-electron chi connectivity index (χ0n) is 5.23. The van der Waals surface area contributed by atoms with Gasteiger partial charge >= 0.3 is 0 Å². The van der Waals surface area contributed by atoms with Gasteiger partial charge in [0.15, 0.2) is 0 Å². The molecule has 48 valence electrons. The van der Waals surface area contributed by atoms with Gasteiger partial charge in [-0.25, -0.2) is 0 Å². The summed E-state index contributed by atoms with van der Waals surface area (Å²) in [7, 11) is 0. The Labute approximate surface area is 63.8 Å². The number of fused-ring (bicyclic) bond motifs is 1. The molecule has 0 N–H and O–H groups in total. The molecule has 9 heavy (non-hydrogen) atoms. The van der Waals surface area contributed by atoms with E-state index in [0.29, 0.717) is 0 Å². The lowest BCUT2D eigenvalue weighted by atomic mass is 9.75. The van der Waals surface area contributed by atoms with E-state index < -0.39 is 0 Å². The van der Waals surface area contributed by atoms with Gasteiger partial charge in [0.2, 0.25) is 0 Å². The number of halogens is 1. The third-order valence-corrected chi connectivity index (χ3v) is 2.81. The second kappa shape index (κ2) is 1.98. The summed E-state index contributed by atoms with van der Waals surface area (Å²) in [6, 6.07) is 0. The number of hydrogen-bond acceptors (Lipinski definition) is 0. The highest BCUT2D eigenvalue weighted by Gasteiger charge is 2.25. The molecule has 0 aliphatic heterocycles. The molecule has 1 atom stereocenters. The van der Waals surface area contributed by atoms with Gasteiger partial charge in [0, 0.05) is 0 Å². The topological polar surface area (TPSA) is 0 Å². The first-order valence-electron chi connectivity index (χ1n) is 3.41. The molecular formula is C8H9Br. The van der Waals surface area contributed by atoms with Crippen LogP contribution in [0.2, 0.25) is 0 Å². The first-order valence-corrected chi connectivity index (χ1v) is 4.20. The fourth-order valence-electron chi connectivity index (χ4n) is 1.47. The second-order valence-electron chi connectivity index (χ2n) is 2.79. The highest BCUT2D eigenvalue weighted by atomic mass is 79.9. The lowest BCUT2D eigenvalue weighted by Gasteiger charge is -2.32. The Morgan fingerprint density at radius 1 is 1.44 bits per heavy atom. The average Bonchev–Trinajstić information content (AvgIpc) is 1.78. The summed E-state index contributed by atoms with van der Waals surface area (Å²) < 4.78 is 1.37. The number of rotatable bonds is 0. The molecule has 0 nitrogen and oxygen atoms in total. The zero-order valence-corrected chi connectivity index (χ0v) is 6.82. The molecule has 1 unspecified atom stereocenters. The van der Waals surface area contributed by atoms with E-state index in [1.807, 2.05) is 0 Å². The van der Waals surface area contributed by atoms with E-state index in [1.165, 1.54) is 23.7 Å². The van der Waals surface area contributed by atoms with Gasteiger partial charge in [-0.1, -0.05) is 33.7 Å². The molecule has 0 aromatic carbocycles. The Balaban J connectivity index is 2.23. The predicted octanol–water partition coefficient (Wildman–Crippen LogP) is 3.01. The van der Waals surface area contributed by atoms with Crippen molar-refractivity contribution in [2.24, 2.45) is 5.92 Å². The monoisotopic (exact) mass is 184 g/mol. The third-order valence-electron chi connectivity index (χ3n) is 2.23. The van der Waals surface area contributed by atoms with Crippen LogP contribution in [-0.4, -0.2) is 0 Å². The van der Waals surface area contributed by atoms with Gasteiger partial charge in [0.25, 0.3) is 0 Å². The average molecular weight is 185 g/mol. The van der Waals surface area contributed by atoms with Crippen molar-refractivity contribution in [3.8, 4) is 0 Å². The first kappa shape index (κ1) is 5.72. The van der Waals surface area contributed by atoms with Gasteiger partial charge in [-0.05, 0) is 29.7 Å². The van der Waals surface area contributed by atoms with Crippen molar-refractivity contribution in [1.82, 2.24) is 0 Å². The van der Waals surface area contributed by atoms with Crippen LogP contribution in [-0.2, 0) is 0 Å². The fourth-order valence-corrected chi connectivity index (χ4v) is 1.99. The maximum absolute atomic E-state index is 3.51. The molecule has 0 saturated heterocycles. The van der Waals surface area contributed by atoms with Crippen LogP contribution in [0.1, 0.15) is 19.3 Å². The molecule has 2 aliphatic rings. The maximum Gasteiger partial charge on any atom is -0.00434 e. The Hall–Kier alpha value is -0.0400. The summed E-state index contributed by atoms with van der Waals surface area (Å²) in [6.45, 7) is 0. The molecule has 1 heteroatoms. The van der Waals surface area contributed by atoms with Crippen molar-refractivity contribution in [2.75, 3.05) is 0 Å². The minimum Gasteiger partial charge on any atom is -0.0667 e. The summed E-state index contributed by atoms with van der Waals surface area (Å²) >= 11 is 3.51. The molecule has 2 rings (SSSR count). The summed E-state index contributed by atoms with van der Waals surface area (Å²) in [5.74, 6) is 0.907. The quantitative estimate of drug-likeness (QED) is 0.544. The molecule has 0 amide bonds. The van der Waals surface area contributed by atoms with E-state index >= 15 is 0 Å². The molecule has 0 heterocycles. The molecule has 0 spiro atoms. The Morgan fingerprint density at radius 3 is 2.78 bits per heavy atom. The molecule has 1 fully saturated rings. The second-order valence-corrected chi connectivity index (χ2v) is 3.81. The third kappa shape index (κ3) is 0.877. The number of allylic oxidation sites excluding steroid dienone is 4. The van der Waals surface area contributed by atoms with E-state index in [1.54, 1.807) is 5.57 Å². The molecule has 0 bridgehead atoms. The molecular weight excluding hydrogens is 176 g/mol.